The van der Waals surface area contributed by atoms with Crippen molar-refractivity contribution in [3.05, 3.63) is 45.8 Å². The molecule has 0 N–H and O–H groups in total. The van der Waals surface area contributed by atoms with E-state index in [1.807, 2.05) is 6.07 Å². The summed E-state index contributed by atoms with van der Waals surface area (Å²) in [5.74, 6) is 0.480. The molecule has 0 unspecified atom stereocenters. The first kappa shape index (κ1) is 19.9. The molecule has 0 spiro atoms. The molecule has 0 atom stereocenters. The molecule has 138 valence electrons. The van der Waals surface area contributed by atoms with Gasteiger partial charge in [0, 0.05) is 17.3 Å². The van der Waals surface area contributed by atoms with E-state index in [0.29, 0.717) is 27.5 Å². The first-order valence-corrected chi connectivity index (χ1v) is 9.32. The predicted octanol–water partition coefficient (Wildman–Crippen LogP) is 4.12. The fourth-order valence-corrected chi connectivity index (χ4v) is 3.49. The highest BCUT2D eigenvalue weighted by Crippen LogP contribution is 2.22. The van der Waals surface area contributed by atoms with Crippen LogP contribution in [0.2, 0.25) is 0 Å². The van der Waals surface area contributed by atoms with E-state index in [9.17, 15) is 4.79 Å². The lowest BCUT2D eigenvalue weighted by Crippen LogP contribution is -2.18. The SMILES string of the molecule is COc1ccc(C#N)cc1C(=O)/N=c1\sn(C(C)(C)C)cc1CC(C)C. The maximum absolute atomic E-state index is 12.8. The van der Waals surface area contributed by atoms with Gasteiger partial charge in [0.15, 0.2) is 0 Å². The maximum Gasteiger partial charge on any atom is 0.282 e. The van der Waals surface area contributed by atoms with Crippen molar-refractivity contribution >= 4 is 17.4 Å². The zero-order valence-corrected chi connectivity index (χ0v) is 17.0. The van der Waals surface area contributed by atoms with Gasteiger partial charge in [0.1, 0.15) is 10.4 Å². The Bertz CT molecular complexity index is 908. The van der Waals surface area contributed by atoms with Crippen LogP contribution in [0.4, 0.5) is 0 Å². The van der Waals surface area contributed by atoms with Gasteiger partial charge in [-0.3, -0.25) is 8.75 Å². The number of benzene rings is 1. The highest BCUT2D eigenvalue weighted by Gasteiger charge is 2.18. The number of nitriles is 1. The van der Waals surface area contributed by atoms with Crippen LogP contribution in [0.1, 0.15) is 56.1 Å². The van der Waals surface area contributed by atoms with Crippen molar-refractivity contribution in [3.63, 3.8) is 0 Å². The summed E-state index contributed by atoms with van der Waals surface area (Å²) in [6.45, 7) is 10.6. The molecular formula is C20H25N3O2S. The molecule has 0 aliphatic rings. The van der Waals surface area contributed by atoms with Crippen molar-refractivity contribution in [3.8, 4) is 11.8 Å². The summed E-state index contributed by atoms with van der Waals surface area (Å²) in [7, 11) is 1.50. The Balaban J connectivity index is 2.57. The Morgan fingerprint density at radius 3 is 2.62 bits per heavy atom. The number of rotatable bonds is 4. The largest absolute Gasteiger partial charge is 0.496 e. The van der Waals surface area contributed by atoms with Crippen LogP contribution in [0.15, 0.2) is 29.4 Å². The minimum absolute atomic E-state index is 0.0777. The summed E-state index contributed by atoms with van der Waals surface area (Å²) in [5, 5.41) is 9.10. The van der Waals surface area contributed by atoms with E-state index >= 15 is 0 Å². The molecule has 0 bridgehead atoms. The monoisotopic (exact) mass is 371 g/mol. The summed E-state index contributed by atoms with van der Waals surface area (Å²) in [4.78, 5) is 17.2. The molecule has 2 aromatic rings. The third-order valence-corrected chi connectivity index (χ3v) is 5.16. The molecule has 2 rings (SSSR count). The van der Waals surface area contributed by atoms with Gasteiger partial charge >= 0.3 is 0 Å². The molecular weight excluding hydrogens is 346 g/mol. The van der Waals surface area contributed by atoms with Gasteiger partial charge in [-0.15, -0.1) is 0 Å². The molecule has 6 heteroatoms. The first-order valence-electron chi connectivity index (χ1n) is 8.55. The van der Waals surface area contributed by atoms with Crippen LogP contribution in [0.25, 0.3) is 0 Å². The number of carbonyl (C=O) groups is 1. The van der Waals surface area contributed by atoms with Crippen LogP contribution >= 0.6 is 11.5 Å². The molecule has 0 aliphatic carbocycles. The average Bonchev–Trinajstić information content (AvgIpc) is 2.96. The number of amides is 1. The normalized spacial score (nSPS) is 12.3. The highest BCUT2D eigenvalue weighted by molar-refractivity contribution is 7.04. The van der Waals surface area contributed by atoms with Crippen LogP contribution < -0.4 is 9.41 Å². The lowest BCUT2D eigenvalue weighted by molar-refractivity contribution is 0.0996. The second-order valence-corrected chi connectivity index (χ2v) is 8.55. The van der Waals surface area contributed by atoms with Gasteiger partial charge in [-0.1, -0.05) is 13.8 Å². The zero-order chi connectivity index (χ0) is 19.5. The van der Waals surface area contributed by atoms with Gasteiger partial charge in [0.2, 0.25) is 0 Å². The lowest BCUT2D eigenvalue weighted by Gasteiger charge is -2.19. The summed E-state index contributed by atoms with van der Waals surface area (Å²) >= 11 is 1.48. The van der Waals surface area contributed by atoms with E-state index in [1.54, 1.807) is 12.1 Å². The number of methoxy groups -OCH3 is 1. The van der Waals surface area contributed by atoms with E-state index in [1.165, 1.54) is 24.7 Å². The van der Waals surface area contributed by atoms with Crippen molar-refractivity contribution < 1.29 is 9.53 Å². The molecule has 0 aliphatic heterocycles. The third-order valence-electron chi connectivity index (χ3n) is 3.78. The summed E-state index contributed by atoms with van der Waals surface area (Å²) in [5.41, 5.74) is 1.69. The fourth-order valence-electron chi connectivity index (χ4n) is 2.47. The van der Waals surface area contributed by atoms with Crippen LogP contribution in [0, 0.1) is 17.2 Å². The Morgan fingerprint density at radius 1 is 1.38 bits per heavy atom. The predicted molar refractivity (Wildman–Crippen MR) is 103 cm³/mol. The van der Waals surface area contributed by atoms with Gasteiger partial charge in [-0.25, -0.2) is 0 Å². The second-order valence-electron chi connectivity index (χ2n) is 7.59. The fraction of sp³-hybridized carbons (Fsp3) is 0.450. The molecule has 0 saturated heterocycles. The van der Waals surface area contributed by atoms with Crippen molar-refractivity contribution in [1.29, 1.82) is 5.26 Å². The number of nitrogens with zero attached hydrogens (tertiary/aromatic N) is 3. The van der Waals surface area contributed by atoms with Gasteiger partial charge in [-0.2, -0.15) is 10.3 Å². The number of hydrogen-bond acceptors (Lipinski definition) is 4. The second kappa shape index (κ2) is 7.88. The van der Waals surface area contributed by atoms with Crippen LogP contribution in [0.5, 0.6) is 5.75 Å². The van der Waals surface area contributed by atoms with Crippen molar-refractivity contribution in [2.24, 2.45) is 10.9 Å². The van der Waals surface area contributed by atoms with Gasteiger partial charge in [0.05, 0.1) is 24.3 Å². The zero-order valence-electron chi connectivity index (χ0n) is 16.2. The minimum Gasteiger partial charge on any atom is -0.496 e. The molecule has 26 heavy (non-hydrogen) atoms. The van der Waals surface area contributed by atoms with Gasteiger partial charge in [0.25, 0.3) is 5.91 Å². The topological polar surface area (TPSA) is 67.4 Å². The lowest BCUT2D eigenvalue weighted by atomic mass is 10.1. The van der Waals surface area contributed by atoms with E-state index in [4.69, 9.17) is 10.00 Å². The Hall–Kier alpha value is -2.39. The summed E-state index contributed by atoms with van der Waals surface area (Å²) in [6.07, 6.45) is 2.93. The maximum atomic E-state index is 12.8. The van der Waals surface area contributed by atoms with E-state index in [2.05, 4.69) is 49.8 Å². The van der Waals surface area contributed by atoms with Crippen molar-refractivity contribution in [2.75, 3.05) is 7.11 Å². The van der Waals surface area contributed by atoms with Crippen LogP contribution in [-0.2, 0) is 12.0 Å². The van der Waals surface area contributed by atoms with Gasteiger partial charge < -0.3 is 4.74 Å². The number of ether oxygens (including phenoxy) is 1. The summed E-state index contributed by atoms with van der Waals surface area (Å²) in [6, 6.07) is 6.82. The first-order chi connectivity index (χ1) is 12.2. The molecule has 5 nitrogen and oxygen atoms in total. The molecule has 0 radical (unpaired) electrons. The van der Waals surface area contributed by atoms with E-state index < -0.39 is 5.91 Å². The Labute approximate surface area is 158 Å². The quantitative estimate of drug-likeness (QED) is 0.812. The minimum atomic E-state index is -0.396. The number of aromatic nitrogens is 1. The molecule has 1 amide bonds. The average molecular weight is 372 g/mol. The molecule has 0 saturated carbocycles. The molecule has 0 fully saturated rings. The third kappa shape index (κ3) is 4.61. The number of carbonyl (C=O) groups excluding carboxylic acids is 1. The number of hydrogen-bond donors (Lipinski definition) is 0. The molecule has 1 aromatic heterocycles. The summed E-state index contributed by atoms with van der Waals surface area (Å²) < 4.78 is 8.10. The van der Waals surface area contributed by atoms with Crippen molar-refractivity contribution in [1.82, 2.24) is 3.96 Å². The molecule has 1 aromatic carbocycles. The van der Waals surface area contributed by atoms with Crippen LogP contribution in [0.3, 0.4) is 0 Å². The van der Waals surface area contributed by atoms with Crippen molar-refractivity contribution in [2.45, 2.75) is 46.6 Å². The molecule has 1 heterocycles. The Morgan fingerprint density at radius 2 is 2.08 bits per heavy atom. The Kier molecular flexibility index (Phi) is 6.04. The highest BCUT2D eigenvalue weighted by atomic mass is 32.1. The van der Waals surface area contributed by atoms with Crippen LogP contribution in [-0.4, -0.2) is 17.0 Å². The smallest absolute Gasteiger partial charge is 0.282 e. The van der Waals surface area contributed by atoms with E-state index in [-0.39, 0.29) is 5.54 Å². The standard InChI is InChI=1S/C20H25N3O2S/c1-13(2)9-15-12-23(20(3,4)5)26-19(15)22-18(24)16-10-14(11-21)7-8-17(16)25-6/h7-8,10,12-13H,9H2,1-6H3/b22-19-. The van der Waals surface area contributed by atoms with Gasteiger partial charge in [-0.05, 0) is 62.8 Å². The van der Waals surface area contributed by atoms with E-state index in [0.717, 1.165) is 12.0 Å².